The molecule has 0 saturated heterocycles. The predicted molar refractivity (Wildman–Crippen MR) is 79.6 cm³/mol. The molecule has 0 bridgehead atoms. The highest BCUT2D eigenvalue weighted by Gasteiger charge is 2.11. The maximum Gasteiger partial charge on any atom is 0.121 e. The number of hydrogen-bond acceptors (Lipinski definition) is 3. The summed E-state index contributed by atoms with van der Waals surface area (Å²) >= 11 is 5.82. The van der Waals surface area contributed by atoms with E-state index in [1.165, 1.54) is 0 Å². The third-order valence-corrected chi connectivity index (χ3v) is 3.90. The number of ether oxygens (including phenoxy) is 1. The lowest BCUT2D eigenvalue weighted by atomic mass is 10.3. The van der Waals surface area contributed by atoms with E-state index in [-0.39, 0.29) is 0 Å². The lowest BCUT2D eigenvalue weighted by Gasteiger charge is -2.07. The Morgan fingerprint density at radius 3 is 2.89 bits per heavy atom. The molecular formula is C13H17ClN2O2S. The van der Waals surface area contributed by atoms with Crippen LogP contribution >= 0.6 is 11.6 Å². The maximum absolute atomic E-state index is 11.3. The summed E-state index contributed by atoms with van der Waals surface area (Å²) in [5.74, 6) is 2.86. The van der Waals surface area contributed by atoms with Crippen LogP contribution in [-0.2, 0) is 23.8 Å². The van der Waals surface area contributed by atoms with E-state index in [1.807, 2.05) is 18.2 Å². The number of alkyl halides is 1. The largest absolute Gasteiger partial charge is 0.497 e. The summed E-state index contributed by atoms with van der Waals surface area (Å²) in [6.45, 7) is 0.693. The fourth-order valence-corrected chi connectivity index (χ4v) is 2.64. The van der Waals surface area contributed by atoms with Crippen molar-refractivity contribution < 1.29 is 8.95 Å². The van der Waals surface area contributed by atoms with Crippen LogP contribution in [0, 0.1) is 0 Å². The topological polar surface area (TPSA) is 44.1 Å². The van der Waals surface area contributed by atoms with Gasteiger partial charge in [0.15, 0.2) is 0 Å². The lowest BCUT2D eigenvalue weighted by molar-refractivity contribution is 0.415. The van der Waals surface area contributed by atoms with E-state index in [9.17, 15) is 4.21 Å². The van der Waals surface area contributed by atoms with Crippen LogP contribution in [0.4, 0.5) is 0 Å². The number of methoxy groups -OCH3 is 1. The third-order valence-electron chi connectivity index (χ3n) is 2.95. The van der Waals surface area contributed by atoms with Crippen molar-refractivity contribution in [2.24, 2.45) is 0 Å². The van der Waals surface area contributed by atoms with Gasteiger partial charge in [-0.3, -0.25) is 4.21 Å². The number of nitrogens with zero attached hydrogens (tertiary/aromatic N) is 2. The van der Waals surface area contributed by atoms with Crippen LogP contribution in [-0.4, -0.2) is 38.8 Å². The average Bonchev–Trinajstić information content (AvgIpc) is 2.73. The molecule has 2 rings (SSSR count). The molecule has 0 aliphatic heterocycles. The van der Waals surface area contributed by atoms with E-state index in [0.29, 0.717) is 24.6 Å². The first kappa shape index (κ1) is 14.3. The highest BCUT2D eigenvalue weighted by Crippen LogP contribution is 2.22. The number of rotatable bonds is 6. The number of aryl methyl sites for hydroxylation is 2. The summed E-state index contributed by atoms with van der Waals surface area (Å²) in [6.07, 6.45) is 2.41. The van der Waals surface area contributed by atoms with Crippen LogP contribution in [0.25, 0.3) is 11.0 Å². The molecule has 0 fully saturated rings. The van der Waals surface area contributed by atoms with Gasteiger partial charge in [0.25, 0.3) is 0 Å². The minimum atomic E-state index is -0.818. The molecule has 6 heteroatoms. The maximum atomic E-state index is 11.3. The highest BCUT2D eigenvalue weighted by atomic mass is 35.5. The van der Waals surface area contributed by atoms with E-state index >= 15 is 0 Å². The Morgan fingerprint density at radius 2 is 2.26 bits per heavy atom. The van der Waals surface area contributed by atoms with Gasteiger partial charge in [-0.05, 0) is 12.1 Å². The Kier molecular flexibility index (Phi) is 4.82. The Bertz CT molecular complexity index is 598. The number of hydrogen-bond donors (Lipinski definition) is 0. The quantitative estimate of drug-likeness (QED) is 0.768. The molecule has 1 aromatic heterocycles. The summed E-state index contributed by atoms with van der Waals surface area (Å²) in [4.78, 5) is 4.59. The standard InChI is InChI=1S/C13H17ClN2O2S/c1-18-10-3-4-12-11(9-10)15-13(5-6-14)16(12)7-8-19(2)17/h3-4,9H,5-8H2,1-2H3. The number of imidazole rings is 1. The normalized spacial score (nSPS) is 12.8. The summed E-state index contributed by atoms with van der Waals surface area (Å²) in [7, 11) is 0.819. The number of halogens is 1. The van der Waals surface area contributed by atoms with Gasteiger partial charge in [-0.25, -0.2) is 4.98 Å². The van der Waals surface area contributed by atoms with Crippen molar-refractivity contribution in [3.63, 3.8) is 0 Å². The van der Waals surface area contributed by atoms with Gasteiger partial charge in [0, 0.05) is 47.7 Å². The minimum Gasteiger partial charge on any atom is -0.497 e. The van der Waals surface area contributed by atoms with E-state index in [1.54, 1.807) is 13.4 Å². The van der Waals surface area contributed by atoms with Crippen molar-refractivity contribution in [2.75, 3.05) is 25.0 Å². The summed E-state index contributed by atoms with van der Waals surface area (Å²) in [5, 5.41) is 0. The second-order valence-corrected chi connectivity index (χ2v) is 6.18. The zero-order valence-corrected chi connectivity index (χ0v) is 12.6. The molecule has 0 radical (unpaired) electrons. The first-order valence-corrected chi connectivity index (χ1v) is 8.31. The predicted octanol–water partition coefficient (Wildman–Crippen LogP) is 2.20. The van der Waals surface area contributed by atoms with Crippen molar-refractivity contribution in [2.45, 2.75) is 13.0 Å². The molecule has 19 heavy (non-hydrogen) atoms. The molecule has 1 atom stereocenters. The van der Waals surface area contributed by atoms with Crippen LogP contribution in [0.1, 0.15) is 5.82 Å². The molecule has 1 aromatic carbocycles. The molecule has 0 saturated carbocycles. The summed E-state index contributed by atoms with van der Waals surface area (Å²) in [5.41, 5.74) is 1.92. The zero-order chi connectivity index (χ0) is 13.8. The monoisotopic (exact) mass is 300 g/mol. The fourth-order valence-electron chi connectivity index (χ4n) is 2.03. The number of benzene rings is 1. The molecular weight excluding hydrogens is 284 g/mol. The molecule has 0 aliphatic rings. The van der Waals surface area contributed by atoms with Gasteiger partial charge in [-0.2, -0.15) is 0 Å². The van der Waals surface area contributed by atoms with E-state index in [4.69, 9.17) is 16.3 Å². The highest BCUT2D eigenvalue weighted by molar-refractivity contribution is 7.84. The zero-order valence-electron chi connectivity index (χ0n) is 11.1. The molecule has 2 aromatic rings. The molecule has 0 aliphatic carbocycles. The van der Waals surface area contributed by atoms with Gasteiger partial charge < -0.3 is 9.30 Å². The minimum absolute atomic E-state index is 0.523. The van der Waals surface area contributed by atoms with Crippen LogP contribution in [0.5, 0.6) is 5.75 Å². The van der Waals surface area contributed by atoms with Gasteiger partial charge in [0.1, 0.15) is 11.6 Å². The van der Waals surface area contributed by atoms with Gasteiger partial charge in [0.05, 0.1) is 18.1 Å². The van der Waals surface area contributed by atoms with E-state index in [2.05, 4.69) is 9.55 Å². The first-order chi connectivity index (χ1) is 9.15. The Balaban J connectivity index is 2.44. The van der Waals surface area contributed by atoms with Crippen LogP contribution < -0.4 is 4.74 Å². The van der Waals surface area contributed by atoms with Gasteiger partial charge in [-0.15, -0.1) is 11.6 Å². The molecule has 0 spiro atoms. The van der Waals surface area contributed by atoms with E-state index < -0.39 is 10.8 Å². The van der Waals surface area contributed by atoms with E-state index in [0.717, 1.165) is 22.6 Å². The molecule has 1 unspecified atom stereocenters. The molecule has 0 amide bonds. The van der Waals surface area contributed by atoms with Crippen molar-refractivity contribution in [1.82, 2.24) is 9.55 Å². The van der Waals surface area contributed by atoms with Crippen molar-refractivity contribution in [3.8, 4) is 5.75 Å². The van der Waals surface area contributed by atoms with Gasteiger partial charge >= 0.3 is 0 Å². The molecule has 104 valence electrons. The smallest absolute Gasteiger partial charge is 0.121 e. The van der Waals surface area contributed by atoms with Crippen molar-refractivity contribution in [1.29, 1.82) is 0 Å². The molecule has 4 nitrogen and oxygen atoms in total. The average molecular weight is 301 g/mol. The van der Waals surface area contributed by atoms with Gasteiger partial charge in [-0.1, -0.05) is 0 Å². The Morgan fingerprint density at radius 1 is 1.47 bits per heavy atom. The second-order valence-electron chi connectivity index (χ2n) is 4.25. The van der Waals surface area contributed by atoms with Crippen LogP contribution in [0.15, 0.2) is 18.2 Å². The van der Waals surface area contributed by atoms with Crippen LogP contribution in [0.3, 0.4) is 0 Å². The van der Waals surface area contributed by atoms with Gasteiger partial charge in [0.2, 0.25) is 0 Å². The van der Waals surface area contributed by atoms with Crippen LogP contribution in [0.2, 0.25) is 0 Å². The summed E-state index contributed by atoms with van der Waals surface area (Å²) in [6, 6.07) is 5.80. The fraction of sp³-hybridized carbons (Fsp3) is 0.462. The molecule has 0 N–H and O–H groups in total. The second kappa shape index (κ2) is 6.39. The third kappa shape index (κ3) is 3.28. The SMILES string of the molecule is COc1ccc2c(c1)nc(CCCl)n2CCS(C)=O. The Labute approximate surface area is 120 Å². The van der Waals surface area contributed by atoms with Crippen molar-refractivity contribution in [3.05, 3.63) is 24.0 Å². The first-order valence-electron chi connectivity index (χ1n) is 6.05. The number of aromatic nitrogens is 2. The Hall–Kier alpha value is -1.07. The summed E-state index contributed by atoms with van der Waals surface area (Å²) < 4.78 is 18.6. The lowest BCUT2D eigenvalue weighted by Crippen LogP contribution is -2.10. The molecule has 1 heterocycles. The van der Waals surface area contributed by atoms with Crippen molar-refractivity contribution >= 4 is 33.4 Å². The number of fused-ring (bicyclic) bond motifs is 1.